The van der Waals surface area contributed by atoms with Crippen LogP contribution in [0.25, 0.3) is 16.5 Å². The topological polar surface area (TPSA) is 57.5 Å². The Hall–Kier alpha value is -3.34. The van der Waals surface area contributed by atoms with Crippen molar-refractivity contribution >= 4 is 28.4 Å². The number of esters is 2. The molecule has 26 heavy (non-hydrogen) atoms. The minimum absolute atomic E-state index is 0.472. The van der Waals surface area contributed by atoms with E-state index in [1.54, 1.807) is 24.3 Å². The summed E-state index contributed by atoms with van der Waals surface area (Å²) in [5, 5.41) is 1.01. The molecule has 130 valence electrons. The Balaban J connectivity index is 2.00. The van der Waals surface area contributed by atoms with Crippen LogP contribution in [0.5, 0.6) is 0 Å². The Morgan fingerprint density at radius 1 is 1.08 bits per heavy atom. The Kier molecular flexibility index (Phi) is 3.65. The number of benzene rings is 2. The summed E-state index contributed by atoms with van der Waals surface area (Å²) in [7, 11) is 3.19. The van der Waals surface area contributed by atoms with Gasteiger partial charge in [0.05, 0.1) is 12.8 Å². The highest BCUT2D eigenvalue weighted by molar-refractivity contribution is 6.10. The molecule has 0 fully saturated rings. The van der Waals surface area contributed by atoms with Gasteiger partial charge in [0.1, 0.15) is 0 Å². The quantitative estimate of drug-likeness (QED) is 0.683. The number of aromatic nitrogens is 1. The third-order valence-corrected chi connectivity index (χ3v) is 4.78. The van der Waals surface area contributed by atoms with Crippen LogP contribution >= 0.6 is 0 Å². The third-order valence-electron chi connectivity index (χ3n) is 4.78. The van der Waals surface area contributed by atoms with Crippen LogP contribution in [0, 0.1) is 0 Å². The standard InChI is InChI=1S/C21H17NO4/c1-22-17-11-7-6-8-14(17)12-18(22)16-13-19(23)26-21(16,20(24)25-2)15-9-4-3-5-10-15/h3-13H,1-2H3/t21-/m0/s1. The molecule has 3 aromatic rings. The number of cyclic esters (lactones) is 1. The van der Waals surface area contributed by atoms with Crippen LogP contribution in [0.2, 0.25) is 0 Å². The molecule has 0 saturated carbocycles. The highest BCUT2D eigenvalue weighted by Gasteiger charge is 2.54. The fraction of sp³-hybridized carbons (Fsp3) is 0.143. The number of hydrogen-bond donors (Lipinski definition) is 0. The van der Waals surface area contributed by atoms with Gasteiger partial charge in [0.15, 0.2) is 0 Å². The summed E-state index contributed by atoms with van der Waals surface area (Å²) < 4.78 is 12.6. The van der Waals surface area contributed by atoms with Crippen LogP contribution in [-0.2, 0) is 31.7 Å². The smallest absolute Gasteiger partial charge is 0.360 e. The molecule has 0 radical (unpaired) electrons. The Labute approximate surface area is 150 Å². The van der Waals surface area contributed by atoms with Crippen molar-refractivity contribution in [3.05, 3.63) is 78.0 Å². The molecule has 0 unspecified atom stereocenters. The summed E-state index contributed by atoms with van der Waals surface area (Å²) in [6.07, 6.45) is 1.37. The summed E-state index contributed by atoms with van der Waals surface area (Å²) in [5.41, 5.74) is 1.13. The van der Waals surface area contributed by atoms with Crippen molar-refractivity contribution in [3.8, 4) is 0 Å². The Bertz CT molecular complexity index is 1050. The van der Waals surface area contributed by atoms with Gasteiger partial charge in [0.25, 0.3) is 5.60 Å². The molecule has 0 saturated heterocycles. The van der Waals surface area contributed by atoms with Crippen molar-refractivity contribution in [3.63, 3.8) is 0 Å². The molecule has 0 spiro atoms. The molecule has 1 aromatic heterocycles. The number of fused-ring (bicyclic) bond motifs is 1. The van der Waals surface area contributed by atoms with Crippen molar-refractivity contribution in [2.75, 3.05) is 7.11 Å². The number of hydrogen-bond acceptors (Lipinski definition) is 4. The second-order valence-electron chi connectivity index (χ2n) is 6.17. The van der Waals surface area contributed by atoms with Crippen molar-refractivity contribution in [2.45, 2.75) is 5.60 Å². The second kappa shape index (κ2) is 5.88. The molecule has 0 aliphatic carbocycles. The Morgan fingerprint density at radius 3 is 2.46 bits per heavy atom. The number of ether oxygens (including phenoxy) is 2. The van der Waals surface area contributed by atoms with E-state index in [-0.39, 0.29) is 0 Å². The van der Waals surface area contributed by atoms with E-state index in [1.807, 2.05) is 48.0 Å². The molecule has 5 heteroatoms. The van der Waals surface area contributed by atoms with Gasteiger partial charge in [-0.1, -0.05) is 48.5 Å². The van der Waals surface area contributed by atoms with Gasteiger partial charge in [-0.2, -0.15) is 0 Å². The van der Waals surface area contributed by atoms with Crippen LogP contribution in [0.3, 0.4) is 0 Å². The van der Waals surface area contributed by atoms with E-state index in [0.717, 1.165) is 16.6 Å². The van der Waals surface area contributed by atoms with Crippen molar-refractivity contribution in [1.82, 2.24) is 4.57 Å². The largest absolute Gasteiger partial charge is 0.466 e. The minimum Gasteiger partial charge on any atom is -0.466 e. The summed E-state index contributed by atoms with van der Waals surface area (Å²) in [6, 6.07) is 18.8. The van der Waals surface area contributed by atoms with Gasteiger partial charge in [-0.3, -0.25) is 0 Å². The van der Waals surface area contributed by atoms with Crippen molar-refractivity contribution in [2.24, 2.45) is 7.05 Å². The molecule has 2 aromatic carbocycles. The molecular formula is C21H17NO4. The van der Waals surface area contributed by atoms with Crippen molar-refractivity contribution in [1.29, 1.82) is 0 Å². The molecule has 4 rings (SSSR count). The predicted molar refractivity (Wildman–Crippen MR) is 97.1 cm³/mol. The zero-order valence-electron chi connectivity index (χ0n) is 14.4. The lowest BCUT2D eigenvalue weighted by Crippen LogP contribution is -2.39. The molecule has 5 nitrogen and oxygen atoms in total. The van der Waals surface area contributed by atoms with Gasteiger partial charge < -0.3 is 14.0 Å². The zero-order valence-corrected chi connectivity index (χ0v) is 14.4. The number of methoxy groups -OCH3 is 1. The van der Waals surface area contributed by atoms with E-state index in [4.69, 9.17) is 9.47 Å². The Morgan fingerprint density at radius 2 is 1.77 bits per heavy atom. The minimum atomic E-state index is -1.62. The number of nitrogens with zero attached hydrogens (tertiary/aromatic N) is 1. The fourth-order valence-electron chi connectivity index (χ4n) is 3.56. The average molecular weight is 347 g/mol. The number of para-hydroxylation sites is 1. The lowest BCUT2D eigenvalue weighted by molar-refractivity contribution is -0.169. The maximum Gasteiger partial charge on any atom is 0.360 e. The molecule has 0 N–H and O–H groups in total. The normalized spacial score (nSPS) is 19.3. The zero-order chi connectivity index (χ0) is 18.3. The van der Waals surface area contributed by atoms with Crippen LogP contribution in [0.4, 0.5) is 0 Å². The summed E-state index contributed by atoms with van der Waals surface area (Å²) in [6.45, 7) is 0. The maximum atomic E-state index is 12.8. The molecule has 1 aliphatic rings. The first-order valence-electron chi connectivity index (χ1n) is 8.22. The molecule has 1 atom stereocenters. The summed E-state index contributed by atoms with van der Waals surface area (Å²) >= 11 is 0. The summed E-state index contributed by atoms with van der Waals surface area (Å²) in [4.78, 5) is 25.1. The molecular weight excluding hydrogens is 330 g/mol. The van der Waals surface area contributed by atoms with Gasteiger partial charge in [-0.25, -0.2) is 9.59 Å². The highest BCUT2D eigenvalue weighted by atomic mass is 16.6. The van der Waals surface area contributed by atoms with Crippen LogP contribution < -0.4 is 0 Å². The third kappa shape index (κ3) is 2.17. The van der Waals surface area contributed by atoms with Gasteiger partial charge in [0.2, 0.25) is 0 Å². The van der Waals surface area contributed by atoms with E-state index >= 15 is 0 Å². The van der Waals surface area contributed by atoms with Gasteiger partial charge in [-0.15, -0.1) is 0 Å². The highest BCUT2D eigenvalue weighted by Crippen LogP contribution is 2.45. The second-order valence-corrected chi connectivity index (χ2v) is 6.17. The monoisotopic (exact) mass is 347 g/mol. The number of carbonyl (C=O) groups excluding carboxylic acids is 2. The first-order chi connectivity index (χ1) is 12.6. The molecule has 0 bridgehead atoms. The number of carbonyl (C=O) groups is 2. The van der Waals surface area contributed by atoms with E-state index in [2.05, 4.69) is 0 Å². The van der Waals surface area contributed by atoms with Crippen LogP contribution in [-0.4, -0.2) is 23.6 Å². The van der Waals surface area contributed by atoms with Crippen LogP contribution in [0.15, 0.2) is 66.7 Å². The SMILES string of the molecule is COC(=O)[C@@]1(c2ccccc2)OC(=O)C=C1c1cc2ccccc2n1C. The van der Waals surface area contributed by atoms with E-state index in [0.29, 0.717) is 11.1 Å². The maximum absolute atomic E-state index is 12.8. The first-order valence-corrected chi connectivity index (χ1v) is 8.22. The van der Waals surface area contributed by atoms with Crippen LogP contribution in [0.1, 0.15) is 11.3 Å². The molecule has 0 amide bonds. The lowest BCUT2D eigenvalue weighted by atomic mass is 9.85. The van der Waals surface area contributed by atoms with E-state index < -0.39 is 17.5 Å². The van der Waals surface area contributed by atoms with Gasteiger partial charge >= 0.3 is 11.9 Å². The number of rotatable bonds is 3. The lowest BCUT2D eigenvalue weighted by Gasteiger charge is -2.29. The van der Waals surface area contributed by atoms with Gasteiger partial charge in [0, 0.05) is 35.2 Å². The summed E-state index contributed by atoms with van der Waals surface area (Å²) in [5.74, 6) is -1.20. The molecule has 2 heterocycles. The van der Waals surface area contributed by atoms with E-state index in [1.165, 1.54) is 13.2 Å². The van der Waals surface area contributed by atoms with E-state index in [9.17, 15) is 9.59 Å². The number of aryl methyl sites for hydroxylation is 1. The van der Waals surface area contributed by atoms with Gasteiger partial charge in [-0.05, 0) is 12.1 Å². The first kappa shape index (κ1) is 16.1. The van der Waals surface area contributed by atoms with Crippen molar-refractivity contribution < 1.29 is 19.1 Å². The molecule has 1 aliphatic heterocycles. The fourth-order valence-corrected chi connectivity index (χ4v) is 3.56. The average Bonchev–Trinajstić information content (AvgIpc) is 3.20. The predicted octanol–water partition coefficient (Wildman–Crippen LogP) is 3.19.